The van der Waals surface area contributed by atoms with Crippen molar-refractivity contribution >= 4 is 23.6 Å². The maximum atomic E-state index is 12.9. The summed E-state index contributed by atoms with van der Waals surface area (Å²) in [6.07, 6.45) is 9.25. The average Bonchev–Trinajstić information content (AvgIpc) is 2.72. The summed E-state index contributed by atoms with van der Waals surface area (Å²) >= 11 is 1.38. The van der Waals surface area contributed by atoms with Gasteiger partial charge in [-0.3, -0.25) is 4.79 Å². The molecule has 3 N–H and O–H groups in total. The number of hydrogen-bond donors (Lipinski definition) is 3. The summed E-state index contributed by atoms with van der Waals surface area (Å²) in [7, 11) is 0. The minimum atomic E-state index is -1.03. The van der Waals surface area contributed by atoms with Gasteiger partial charge in [-0.25, -0.2) is 4.79 Å². The number of phenolic OH excluding ortho intramolecular Hbond substituents is 1. The highest BCUT2D eigenvalue weighted by Crippen LogP contribution is 2.53. The van der Waals surface area contributed by atoms with Crippen LogP contribution in [0.2, 0.25) is 0 Å². The highest BCUT2D eigenvalue weighted by atomic mass is 32.2. The standard InChI is InChI=1S/C25H35NO5S/c1-5-6-7-8-15-11-20(27)22-17-13-16(23(28)26-19(14-32-4)24(29)30)9-10-18(17)25(2,3)31-21(22)12-15/h11-13,17-19,27H,5-10,14H2,1-4H3,(H,26,28)(H,29,30). The molecule has 3 rings (SSSR count). The van der Waals surface area contributed by atoms with Crippen molar-refractivity contribution in [3.8, 4) is 11.5 Å². The zero-order valence-corrected chi connectivity index (χ0v) is 20.3. The topological polar surface area (TPSA) is 95.9 Å². The van der Waals surface area contributed by atoms with Crippen molar-refractivity contribution in [2.45, 2.75) is 76.9 Å². The maximum absolute atomic E-state index is 12.9. The van der Waals surface area contributed by atoms with Crippen molar-refractivity contribution in [2.75, 3.05) is 12.0 Å². The van der Waals surface area contributed by atoms with Crippen LogP contribution in [0.3, 0.4) is 0 Å². The van der Waals surface area contributed by atoms with E-state index in [0.29, 0.717) is 23.5 Å². The largest absolute Gasteiger partial charge is 0.507 e. The number of aliphatic carboxylic acids is 1. The molecule has 1 aromatic carbocycles. The SMILES string of the molecule is CCCCCc1cc(O)c2c(c1)OC(C)(C)C1CCC(C(=O)NC(CSC)C(=O)O)=CC21. The molecule has 176 valence electrons. The first-order valence-electron chi connectivity index (χ1n) is 11.5. The van der Waals surface area contributed by atoms with Crippen molar-refractivity contribution in [2.24, 2.45) is 5.92 Å². The zero-order valence-electron chi connectivity index (χ0n) is 19.4. The molecule has 1 aliphatic carbocycles. The molecule has 32 heavy (non-hydrogen) atoms. The minimum Gasteiger partial charge on any atom is -0.507 e. The third-order valence-corrected chi connectivity index (χ3v) is 7.28. The van der Waals surface area contributed by atoms with Gasteiger partial charge in [0.1, 0.15) is 23.1 Å². The predicted molar refractivity (Wildman–Crippen MR) is 128 cm³/mol. The highest BCUT2D eigenvalue weighted by Gasteiger charge is 2.46. The monoisotopic (exact) mass is 461 g/mol. The Labute approximate surface area is 194 Å². The van der Waals surface area contributed by atoms with E-state index < -0.39 is 17.6 Å². The number of phenols is 1. The number of fused-ring (bicyclic) bond motifs is 3. The van der Waals surface area contributed by atoms with Gasteiger partial charge >= 0.3 is 5.97 Å². The van der Waals surface area contributed by atoms with E-state index in [2.05, 4.69) is 26.1 Å². The number of hydrogen-bond acceptors (Lipinski definition) is 5. The van der Waals surface area contributed by atoms with Crippen LogP contribution in [0.5, 0.6) is 11.5 Å². The van der Waals surface area contributed by atoms with Crippen molar-refractivity contribution in [1.82, 2.24) is 5.32 Å². The smallest absolute Gasteiger partial charge is 0.327 e. The van der Waals surface area contributed by atoms with Gasteiger partial charge in [-0.1, -0.05) is 25.8 Å². The molecule has 0 spiro atoms. The quantitative estimate of drug-likeness (QED) is 0.463. The lowest BCUT2D eigenvalue weighted by Crippen LogP contribution is -2.47. The summed E-state index contributed by atoms with van der Waals surface area (Å²) in [5.41, 5.74) is 1.93. The van der Waals surface area contributed by atoms with E-state index in [0.717, 1.165) is 43.2 Å². The van der Waals surface area contributed by atoms with Crippen LogP contribution in [0.25, 0.3) is 0 Å². The molecule has 1 aliphatic heterocycles. The van der Waals surface area contributed by atoms with Crippen LogP contribution in [0.15, 0.2) is 23.8 Å². The molecule has 1 heterocycles. The third kappa shape index (κ3) is 5.25. The second kappa shape index (κ2) is 10.2. The number of carbonyl (C=O) groups is 2. The van der Waals surface area contributed by atoms with E-state index in [4.69, 9.17) is 4.74 Å². The summed E-state index contributed by atoms with van der Waals surface area (Å²) in [5, 5.41) is 23.0. The Bertz CT molecular complexity index is 895. The van der Waals surface area contributed by atoms with Gasteiger partial charge in [0.2, 0.25) is 5.91 Å². The Morgan fingerprint density at radius 1 is 1.31 bits per heavy atom. The van der Waals surface area contributed by atoms with E-state index in [-0.39, 0.29) is 23.5 Å². The predicted octanol–water partition coefficient (Wildman–Crippen LogP) is 4.65. The van der Waals surface area contributed by atoms with Crippen LogP contribution >= 0.6 is 11.8 Å². The van der Waals surface area contributed by atoms with E-state index >= 15 is 0 Å². The van der Waals surface area contributed by atoms with Gasteiger partial charge < -0.3 is 20.3 Å². The molecular formula is C25H35NO5S. The lowest BCUT2D eigenvalue weighted by atomic mass is 9.67. The number of aromatic hydroxyl groups is 1. The number of nitrogens with one attached hydrogen (secondary N) is 1. The molecule has 3 atom stereocenters. The molecule has 0 bridgehead atoms. The normalized spacial score (nSPS) is 22.1. The van der Waals surface area contributed by atoms with Crippen molar-refractivity contribution < 1.29 is 24.5 Å². The summed E-state index contributed by atoms with van der Waals surface area (Å²) in [6, 6.07) is 2.94. The van der Waals surface area contributed by atoms with Crippen LogP contribution < -0.4 is 10.1 Å². The van der Waals surface area contributed by atoms with Gasteiger partial charge in [0.25, 0.3) is 0 Å². The van der Waals surface area contributed by atoms with Crippen LogP contribution in [0, 0.1) is 5.92 Å². The Hall–Kier alpha value is -2.15. The van der Waals surface area contributed by atoms with E-state index in [1.54, 1.807) is 0 Å². The van der Waals surface area contributed by atoms with Gasteiger partial charge in [-0.05, 0) is 63.5 Å². The summed E-state index contributed by atoms with van der Waals surface area (Å²) in [6.45, 7) is 6.29. The average molecular weight is 462 g/mol. The van der Waals surface area contributed by atoms with Crippen LogP contribution in [0.1, 0.15) is 69.9 Å². The number of amides is 1. The molecule has 0 radical (unpaired) electrons. The van der Waals surface area contributed by atoms with Crippen LogP contribution in [-0.4, -0.2) is 45.7 Å². The molecule has 3 unspecified atom stereocenters. The number of rotatable bonds is 9. The number of allylic oxidation sites excluding steroid dienone is 1. The van der Waals surface area contributed by atoms with Gasteiger partial charge in [-0.15, -0.1) is 0 Å². The first-order chi connectivity index (χ1) is 15.2. The third-order valence-electron chi connectivity index (χ3n) is 6.62. The summed E-state index contributed by atoms with van der Waals surface area (Å²) in [4.78, 5) is 24.3. The number of aryl methyl sites for hydroxylation is 1. The number of carbonyl (C=O) groups excluding carboxylic acids is 1. The van der Waals surface area contributed by atoms with E-state index in [9.17, 15) is 19.8 Å². The van der Waals surface area contributed by atoms with Crippen molar-refractivity contribution in [1.29, 1.82) is 0 Å². The molecule has 1 aromatic rings. The number of thioether (sulfide) groups is 1. The van der Waals surface area contributed by atoms with E-state index in [1.807, 2.05) is 24.5 Å². The molecule has 0 aromatic heterocycles. The molecule has 0 saturated carbocycles. The number of unbranched alkanes of at least 4 members (excludes halogenated alkanes) is 2. The van der Waals surface area contributed by atoms with Crippen molar-refractivity contribution in [3.05, 3.63) is 34.9 Å². The molecule has 0 saturated heterocycles. The van der Waals surface area contributed by atoms with Gasteiger partial charge in [0.05, 0.1) is 0 Å². The molecule has 7 heteroatoms. The Morgan fingerprint density at radius 2 is 2.06 bits per heavy atom. The number of carboxylic acid groups (broad SMARTS) is 1. The van der Waals surface area contributed by atoms with Crippen LogP contribution in [0.4, 0.5) is 0 Å². The second-order valence-corrected chi connectivity index (χ2v) is 10.3. The van der Waals surface area contributed by atoms with Gasteiger partial charge in [0.15, 0.2) is 0 Å². The Morgan fingerprint density at radius 3 is 2.72 bits per heavy atom. The number of carboxylic acids is 1. The highest BCUT2D eigenvalue weighted by molar-refractivity contribution is 7.98. The zero-order chi connectivity index (χ0) is 23.5. The fraction of sp³-hybridized carbons (Fsp3) is 0.600. The fourth-order valence-corrected chi connectivity index (χ4v) is 5.48. The molecule has 1 amide bonds. The van der Waals surface area contributed by atoms with Crippen LogP contribution in [-0.2, 0) is 16.0 Å². The number of benzene rings is 1. The summed E-state index contributed by atoms with van der Waals surface area (Å²) < 4.78 is 6.37. The second-order valence-electron chi connectivity index (χ2n) is 9.37. The first kappa shape index (κ1) is 24.5. The van der Waals surface area contributed by atoms with Crippen molar-refractivity contribution in [3.63, 3.8) is 0 Å². The lowest BCUT2D eigenvalue weighted by Gasteiger charge is -2.46. The number of ether oxygens (including phenoxy) is 1. The molecule has 2 aliphatic rings. The Balaban J connectivity index is 1.91. The molecule has 0 fully saturated rings. The van der Waals surface area contributed by atoms with E-state index in [1.165, 1.54) is 11.8 Å². The first-order valence-corrected chi connectivity index (χ1v) is 12.8. The fourth-order valence-electron chi connectivity index (χ4n) is 4.92. The Kier molecular flexibility index (Phi) is 7.80. The lowest BCUT2D eigenvalue weighted by molar-refractivity contribution is -0.140. The van der Waals surface area contributed by atoms with Gasteiger partial charge in [-0.2, -0.15) is 11.8 Å². The summed E-state index contributed by atoms with van der Waals surface area (Å²) in [5.74, 6) is -0.207. The molecular weight excluding hydrogens is 426 g/mol. The molecule has 6 nitrogen and oxygen atoms in total. The minimum absolute atomic E-state index is 0.116. The maximum Gasteiger partial charge on any atom is 0.327 e. The van der Waals surface area contributed by atoms with Gasteiger partial charge in [0, 0.05) is 28.7 Å².